The number of hydrogen-bond acceptors (Lipinski definition) is 8. The molecule has 0 saturated carbocycles. The number of rotatable bonds is 7. The van der Waals surface area contributed by atoms with Crippen LogP contribution in [-0.2, 0) is 14.3 Å². The Hall–Kier alpha value is -2.27. The lowest BCUT2D eigenvalue weighted by molar-refractivity contribution is -0.122. The molecular formula is C23H28N4O4S2. The van der Waals surface area contributed by atoms with Gasteiger partial charge in [-0.1, -0.05) is 30.0 Å². The largest absolute Gasteiger partial charge is 0.382 e. The van der Waals surface area contributed by atoms with Gasteiger partial charge in [-0.25, -0.2) is 4.98 Å². The first-order chi connectivity index (χ1) is 15.9. The molecule has 8 nitrogen and oxygen atoms in total. The van der Waals surface area contributed by atoms with Crippen molar-refractivity contribution in [1.29, 1.82) is 0 Å². The van der Waals surface area contributed by atoms with Crippen molar-refractivity contribution >= 4 is 51.7 Å². The van der Waals surface area contributed by atoms with Crippen LogP contribution in [0.3, 0.4) is 0 Å². The summed E-state index contributed by atoms with van der Waals surface area (Å²) < 4.78 is 13.2. The molecule has 176 valence electrons. The van der Waals surface area contributed by atoms with E-state index in [0.717, 1.165) is 0 Å². The molecule has 0 spiro atoms. The van der Waals surface area contributed by atoms with E-state index in [-0.39, 0.29) is 23.7 Å². The van der Waals surface area contributed by atoms with Gasteiger partial charge in [0, 0.05) is 39.0 Å². The van der Waals surface area contributed by atoms with Crippen molar-refractivity contribution in [3.63, 3.8) is 0 Å². The topological polar surface area (TPSA) is 76.4 Å². The second-order valence-electron chi connectivity index (χ2n) is 8.13. The average molecular weight is 489 g/mol. The average Bonchev–Trinajstić information content (AvgIpc) is 3.05. The highest BCUT2D eigenvalue weighted by atomic mass is 32.2. The summed E-state index contributed by atoms with van der Waals surface area (Å²) in [5, 5.41) is 0. The number of morpholine rings is 1. The fraction of sp³-hybridized carbons (Fsp3) is 0.478. The molecule has 2 atom stereocenters. The van der Waals surface area contributed by atoms with Crippen LogP contribution in [0.5, 0.6) is 0 Å². The monoisotopic (exact) mass is 488 g/mol. The SMILES string of the molecule is CCOCCCN1C(=O)C(=Cc2c(N3CC(C)OC(C)C3)nc3ccccn3c2=O)SC1=S. The van der Waals surface area contributed by atoms with E-state index in [0.29, 0.717) is 65.5 Å². The summed E-state index contributed by atoms with van der Waals surface area (Å²) in [4.78, 5) is 35.5. The third-order valence-corrected chi connectivity index (χ3v) is 6.87. The minimum Gasteiger partial charge on any atom is -0.382 e. The van der Waals surface area contributed by atoms with Crippen LogP contribution in [-0.4, -0.2) is 69.6 Å². The van der Waals surface area contributed by atoms with E-state index in [9.17, 15) is 9.59 Å². The predicted octanol–water partition coefficient (Wildman–Crippen LogP) is 2.94. The van der Waals surface area contributed by atoms with Crippen molar-refractivity contribution in [2.24, 2.45) is 0 Å². The van der Waals surface area contributed by atoms with Gasteiger partial charge in [0.15, 0.2) is 0 Å². The van der Waals surface area contributed by atoms with Gasteiger partial charge >= 0.3 is 0 Å². The molecule has 0 aromatic carbocycles. The van der Waals surface area contributed by atoms with Crippen LogP contribution in [0.25, 0.3) is 11.7 Å². The Kier molecular flexibility index (Phi) is 7.48. The number of carbonyl (C=O) groups excluding carboxylic acids is 1. The van der Waals surface area contributed by atoms with Crippen molar-refractivity contribution in [1.82, 2.24) is 14.3 Å². The van der Waals surface area contributed by atoms with E-state index in [1.54, 1.807) is 29.3 Å². The molecule has 2 aliphatic rings. The van der Waals surface area contributed by atoms with Gasteiger partial charge in [-0.05, 0) is 45.4 Å². The van der Waals surface area contributed by atoms with Crippen molar-refractivity contribution in [2.75, 3.05) is 37.7 Å². The van der Waals surface area contributed by atoms with Crippen LogP contribution in [0.2, 0.25) is 0 Å². The van der Waals surface area contributed by atoms with Gasteiger partial charge < -0.3 is 14.4 Å². The minimum absolute atomic E-state index is 0.00109. The smallest absolute Gasteiger partial charge is 0.267 e. The zero-order valence-electron chi connectivity index (χ0n) is 19.0. The Morgan fingerprint density at radius 1 is 1.27 bits per heavy atom. The molecule has 0 N–H and O–H groups in total. The number of fused-ring (bicyclic) bond motifs is 1. The van der Waals surface area contributed by atoms with Crippen LogP contribution in [0.1, 0.15) is 32.8 Å². The van der Waals surface area contributed by atoms with Crippen LogP contribution < -0.4 is 10.5 Å². The summed E-state index contributed by atoms with van der Waals surface area (Å²) in [6.45, 7) is 8.86. The van der Waals surface area contributed by atoms with Crippen LogP contribution in [0.15, 0.2) is 34.1 Å². The normalized spacial score (nSPS) is 22.7. The molecule has 0 aliphatic carbocycles. The fourth-order valence-electron chi connectivity index (χ4n) is 4.10. The number of thiocarbonyl (C=S) groups is 1. The molecule has 4 rings (SSSR count). The van der Waals surface area contributed by atoms with Gasteiger partial charge in [-0.3, -0.25) is 18.9 Å². The molecule has 2 fully saturated rings. The second kappa shape index (κ2) is 10.3. The quantitative estimate of drug-likeness (QED) is 0.335. The third-order valence-electron chi connectivity index (χ3n) is 5.49. The summed E-state index contributed by atoms with van der Waals surface area (Å²) in [5.74, 6) is 0.378. The number of aromatic nitrogens is 2. The first kappa shape index (κ1) is 23.9. The van der Waals surface area contributed by atoms with Gasteiger partial charge in [0.1, 0.15) is 15.8 Å². The number of pyridine rings is 1. The van der Waals surface area contributed by atoms with Crippen molar-refractivity contribution in [2.45, 2.75) is 39.4 Å². The van der Waals surface area contributed by atoms with Gasteiger partial charge in [-0.2, -0.15) is 0 Å². The molecule has 2 saturated heterocycles. The summed E-state index contributed by atoms with van der Waals surface area (Å²) in [7, 11) is 0. The standard InChI is InChI=1S/C23H28N4O4S2/c1-4-30-11-7-10-27-22(29)18(33-23(27)32)12-17-20(25-13-15(2)31-16(3)14-25)24-19-8-5-6-9-26(19)21(17)28/h5-6,8-9,12,15-16H,4,7,10-11,13-14H2,1-3H3. The zero-order valence-corrected chi connectivity index (χ0v) is 20.7. The van der Waals surface area contributed by atoms with Gasteiger partial charge in [0.25, 0.3) is 11.5 Å². The Labute approximate surface area is 202 Å². The highest BCUT2D eigenvalue weighted by Crippen LogP contribution is 2.34. The number of nitrogens with zero attached hydrogens (tertiary/aromatic N) is 4. The minimum atomic E-state index is -0.219. The van der Waals surface area contributed by atoms with Crippen molar-refractivity contribution in [3.8, 4) is 0 Å². The predicted molar refractivity (Wildman–Crippen MR) is 135 cm³/mol. The maximum Gasteiger partial charge on any atom is 0.267 e. The van der Waals surface area contributed by atoms with E-state index in [2.05, 4.69) is 4.90 Å². The number of amides is 1. The maximum atomic E-state index is 13.5. The van der Waals surface area contributed by atoms with Gasteiger partial charge in [0.2, 0.25) is 0 Å². The molecule has 2 aromatic heterocycles. The number of ether oxygens (including phenoxy) is 2. The van der Waals surface area contributed by atoms with E-state index in [1.807, 2.05) is 26.8 Å². The van der Waals surface area contributed by atoms with E-state index in [4.69, 9.17) is 26.7 Å². The lowest BCUT2D eigenvalue weighted by Gasteiger charge is -2.36. The highest BCUT2D eigenvalue weighted by Gasteiger charge is 2.33. The first-order valence-electron chi connectivity index (χ1n) is 11.1. The van der Waals surface area contributed by atoms with Gasteiger partial charge in [-0.15, -0.1) is 0 Å². The van der Waals surface area contributed by atoms with E-state index < -0.39 is 0 Å². The number of anilines is 1. The van der Waals surface area contributed by atoms with Crippen LogP contribution in [0.4, 0.5) is 5.82 Å². The third kappa shape index (κ3) is 5.13. The summed E-state index contributed by atoms with van der Waals surface area (Å²) in [6.07, 6.45) is 4.04. The Morgan fingerprint density at radius 3 is 2.76 bits per heavy atom. The van der Waals surface area contributed by atoms with Crippen LogP contribution in [0, 0.1) is 0 Å². The molecule has 33 heavy (non-hydrogen) atoms. The molecule has 0 bridgehead atoms. The zero-order chi connectivity index (χ0) is 23.5. The van der Waals surface area contributed by atoms with Crippen molar-refractivity contribution < 1.29 is 14.3 Å². The molecule has 2 aromatic rings. The first-order valence-corrected chi connectivity index (χ1v) is 12.4. The number of thioether (sulfide) groups is 1. The van der Waals surface area contributed by atoms with Crippen LogP contribution >= 0.6 is 24.0 Å². The lowest BCUT2D eigenvalue weighted by Crippen LogP contribution is -2.46. The molecule has 0 radical (unpaired) electrons. The molecule has 10 heteroatoms. The highest BCUT2D eigenvalue weighted by molar-refractivity contribution is 8.26. The lowest BCUT2D eigenvalue weighted by atomic mass is 10.2. The molecule has 4 heterocycles. The molecule has 2 aliphatic heterocycles. The molecular weight excluding hydrogens is 460 g/mol. The molecule has 1 amide bonds. The number of hydrogen-bond donors (Lipinski definition) is 0. The van der Waals surface area contributed by atoms with Crippen molar-refractivity contribution in [3.05, 3.63) is 45.2 Å². The Bertz CT molecular complexity index is 1140. The second-order valence-corrected chi connectivity index (χ2v) is 9.80. The summed E-state index contributed by atoms with van der Waals surface area (Å²) in [5.41, 5.74) is 0.726. The number of carbonyl (C=O) groups is 1. The summed E-state index contributed by atoms with van der Waals surface area (Å²) >= 11 is 6.67. The fourth-order valence-corrected chi connectivity index (χ4v) is 5.39. The van der Waals surface area contributed by atoms with E-state index in [1.165, 1.54) is 16.2 Å². The Balaban J connectivity index is 1.73. The Morgan fingerprint density at radius 2 is 2.03 bits per heavy atom. The summed E-state index contributed by atoms with van der Waals surface area (Å²) in [6, 6.07) is 5.44. The molecule has 2 unspecified atom stereocenters. The van der Waals surface area contributed by atoms with Gasteiger partial charge in [0.05, 0.1) is 22.7 Å². The maximum absolute atomic E-state index is 13.5. The van der Waals surface area contributed by atoms with E-state index >= 15 is 0 Å².